The maximum absolute atomic E-state index is 12.9. The molecular weight excluding hydrogens is 454 g/mol. The summed E-state index contributed by atoms with van der Waals surface area (Å²) in [5.41, 5.74) is 3.01. The van der Waals surface area contributed by atoms with Gasteiger partial charge in [-0.1, -0.05) is 6.07 Å². The van der Waals surface area contributed by atoms with Crippen LogP contribution in [0.3, 0.4) is 0 Å². The Labute approximate surface area is 211 Å². The highest BCUT2D eigenvalue weighted by Gasteiger charge is 2.40. The first-order valence-electron chi connectivity index (χ1n) is 12.5. The number of nitriles is 1. The van der Waals surface area contributed by atoms with E-state index in [1.165, 1.54) is 0 Å². The van der Waals surface area contributed by atoms with Gasteiger partial charge in [0.15, 0.2) is 5.82 Å². The zero-order valence-corrected chi connectivity index (χ0v) is 20.8. The lowest BCUT2D eigenvalue weighted by Gasteiger charge is -2.41. The van der Waals surface area contributed by atoms with E-state index in [0.29, 0.717) is 28.8 Å². The lowest BCUT2D eigenvalue weighted by atomic mass is 9.71. The summed E-state index contributed by atoms with van der Waals surface area (Å²) in [6, 6.07) is 10.6. The number of pyridine rings is 2. The second kappa shape index (κ2) is 10.2. The van der Waals surface area contributed by atoms with Gasteiger partial charge in [-0.2, -0.15) is 10.4 Å². The topological polar surface area (TPSA) is 109 Å². The van der Waals surface area contributed by atoms with Crippen LogP contribution in [0.1, 0.15) is 53.0 Å². The molecule has 4 heterocycles. The maximum atomic E-state index is 12.9. The van der Waals surface area contributed by atoms with E-state index in [1.807, 2.05) is 38.1 Å². The van der Waals surface area contributed by atoms with Gasteiger partial charge in [0.1, 0.15) is 0 Å². The molecule has 3 aromatic heterocycles. The van der Waals surface area contributed by atoms with E-state index in [-0.39, 0.29) is 5.91 Å². The van der Waals surface area contributed by atoms with Gasteiger partial charge in [0.25, 0.3) is 5.91 Å². The van der Waals surface area contributed by atoms with Gasteiger partial charge in [0, 0.05) is 25.3 Å². The number of hydrogen-bond donors (Lipinski definition) is 1. The van der Waals surface area contributed by atoms with Gasteiger partial charge >= 0.3 is 0 Å². The summed E-state index contributed by atoms with van der Waals surface area (Å²) in [6.07, 6.45) is 8.49. The number of ether oxygens (including phenoxy) is 1. The molecule has 9 nitrogen and oxygen atoms in total. The summed E-state index contributed by atoms with van der Waals surface area (Å²) in [5.74, 6) is 0.398. The lowest BCUT2D eigenvalue weighted by molar-refractivity contribution is 0.00493. The van der Waals surface area contributed by atoms with Crippen LogP contribution in [0.25, 0.3) is 5.82 Å². The molecule has 1 N–H and O–H groups in total. The number of carbonyl (C=O) groups is 1. The number of carbonyl (C=O) groups excluding carboxylic acids is 1. The highest BCUT2D eigenvalue weighted by molar-refractivity contribution is 6.04. The van der Waals surface area contributed by atoms with Crippen molar-refractivity contribution in [2.75, 3.05) is 31.6 Å². The van der Waals surface area contributed by atoms with Crippen molar-refractivity contribution in [1.29, 1.82) is 5.26 Å². The van der Waals surface area contributed by atoms with Crippen LogP contribution in [0.2, 0.25) is 0 Å². The second-order valence-corrected chi connectivity index (χ2v) is 9.71. The summed E-state index contributed by atoms with van der Waals surface area (Å²) in [5, 5.41) is 17.3. The molecule has 1 aliphatic heterocycles. The van der Waals surface area contributed by atoms with Crippen molar-refractivity contribution >= 4 is 11.6 Å². The Morgan fingerprint density at radius 3 is 2.50 bits per heavy atom. The third-order valence-electron chi connectivity index (χ3n) is 7.46. The molecule has 0 bridgehead atoms. The normalized spacial score (nSPS) is 22.6. The molecule has 5 rings (SSSR count). The van der Waals surface area contributed by atoms with Gasteiger partial charge in [-0.05, 0) is 63.3 Å². The van der Waals surface area contributed by atoms with E-state index >= 15 is 0 Å². The van der Waals surface area contributed by atoms with Crippen LogP contribution in [0.15, 0.2) is 42.9 Å². The summed E-state index contributed by atoms with van der Waals surface area (Å²) in [6.45, 7) is 7.33. The third-order valence-corrected chi connectivity index (χ3v) is 7.46. The van der Waals surface area contributed by atoms with Crippen LogP contribution >= 0.6 is 0 Å². The van der Waals surface area contributed by atoms with E-state index < -0.39 is 5.41 Å². The molecule has 9 heteroatoms. The molecule has 36 heavy (non-hydrogen) atoms. The predicted molar refractivity (Wildman–Crippen MR) is 135 cm³/mol. The van der Waals surface area contributed by atoms with Crippen LogP contribution in [-0.2, 0) is 10.2 Å². The quantitative estimate of drug-likeness (QED) is 0.588. The van der Waals surface area contributed by atoms with Crippen molar-refractivity contribution in [3.05, 3.63) is 65.4 Å². The van der Waals surface area contributed by atoms with Crippen molar-refractivity contribution in [3.63, 3.8) is 0 Å². The number of anilines is 1. The molecule has 3 aromatic rings. The molecule has 1 saturated carbocycles. The first-order valence-corrected chi connectivity index (χ1v) is 12.5. The van der Waals surface area contributed by atoms with Crippen LogP contribution in [0.5, 0.6) is 0 Å². The molecule has 0 aromatic carbocycles. The first kappa shape index (κ1) is 24.1. The van der Waals surface area contributed by atoms with Gasteiger partial charge in [0.2, 0.25) is 0 Å². The SMILES string of the molecule is Cc1ccc(-n2ncc(C(=O)Nc3ccc([C@]4(C#N)CC[C@@H](N5CCOCC5)CC4)nc3)c2C)nc1. The largest absolute Gasteiger partial charge is 0.379 e. The summed E-state index contributed by atoms with van der Waals surface area (Å²) >= 11 is 0. The Hall–Kier alpha value is -3.61. The lowest BCUT2D eigenvalue weighted by Crippen LogP contribution is -2.47. The van der Waals surface area contributed by atoms with Crippen molar-refractivity contribution in [1.82, 2.24) is 24.6 Å². The number of aromatic nitrogens is 4. The zero-order valence-electron chi connectivity index (χ0n) is 20.8. The highest BCUT2D eigenvalue weighted by Crippen LogP contribution is 2.40. The van der Waals surface area contributed by atoms with Gasteiger partial charge in [-0.15, -0.1) is 0 Å². The van der Waals surface area contributed by atoms with E-state index in [4.69, 9.17) is 4.74 Å². The van der Waals surface area contributed by atoms with Crippen molar-refractivity contribution in [3.8, 4) is 11.9 Å². The zero-order chi connectivity index (χ0) is 25.1. The average Bonchev–Trinajstić information content (AvgIpc) is 3.31. The smallest absolute Gasteiger partial charge is 0.259 e. The van der Waals surface area contributed by atoms with Crippen molar-refractivity contribution in [2.45, 2.75) is 51.0 Å². The van der Waals surface area contributed by atoms with E-state index in [1.54, 1.807) is 23.3 Å². The molecule has 2 fully saturated rings. The van der Waals surface area contributed by atoms with E-state index in [9.17, 15) is 10.1 Å². The fourth-order valence-electron chi connectivity index (χ4n) is 5.23. The Balaban J connectivity index is 1.25. The fourth-order valence-corrected chi connectivity index (χ4v) is 5.23. The molecule has 186 valence electrons. The van der Waals surface area contributed by atoms with Gasteiger partial charge in [0.05, 0.1) is 59.7 Å². The average molecular weight is 486 g/mol. The molecule has 1 amide bonds. The minimum absolute atomic E-state index is 0.263. The minimum atomic E-state index is -0.579. The third kappa shape index (κ3) is 4.74. The van der Waals surface area contributed by atoms with E-state index in [0.717, 1.165) is 63.2 Å². The fraction of sp³-hybridized carbons (Fsp3) is 0.444. The van der Waals surface area contributed by atoms with Gasteiger partial charge in [-0.3, -0.25) is 14.7 Å². The number of nitrogens with one attached hydrogen (secondary N) is 1. The minimum Gasteiger partial charge on any atom is -0.379 e. The number of rotatable bonds is 5. The first-order chi connectivity index (χ1) is 17.5. The van der Waals surface area contributed by atoms with Crippen LogP contribution in [0.4, 0.5) is 5.69 Å². The number of aryl methyl sites for hydroxylation is 1. The molecule has 0 unspecified atom stereocenters. The van der Waals surface area contributed by atoms with Crippen molar-refractivity contribution < 1.29 is 9.53 Å². The van der Waals surface area contributed by atoms with Crippen molar-refractivity contribution in [2.24, 2.45) is 0 Å². The number of hydrogen-bond acceptors (Lipinski definition) is 7. The summed E-state index contributed by atoms with van der Waals surface area (Å²) in [4.78, 5) is 24.4. The van der Waals surface area contributed by atoms with Gasteiger partial charge in [-0.25, -0.2) is 9.67 Å². The number of nitrogens with zero attached hydrogens (tertiary/aromatic N) is 6. The van der Waals surface area contributed by atoms with Crippen LogP contribution in [-0.4, -0.2) is 62.9 Å². The Morgan fingerprint density at radius 2 is 1.86 bits per heavy atom. The van der Waals surface area contributed by atoms with Gasteiger partial charge < -0.3 is 10.1 Å². The summed E-state index contributed by atoms with van der Waals surface area (Å²) in [7, 11) is 0. The molecule has 1 aliphatic carbocycles. The predicted octanol–water partition coefficient (Wildman–Crippen LogP) is 3.57. The Kier molecular flexibility index (Phi) is 6.81. The van der Waals surface area contributed by atoms with Crippen LogP contribution in [0, 0.1) is 25.2 Å². The number of morpholine rings is 1. The van der Waals surface area contributed by atoms with Crippen LogP contribution < -0.4 is 5.32 Å². The Morgan fingerprint density at radius 1 is 1.08 bits per heavy atom. The number of amides is 1. The maximum Gasteiger partial charge on any atom is 0.259 e. The van der Waals surface area contributed by atoms with E-state index in [2.05, 4.69) is 31.4 Å². The summed E-state index contributed by atoms with van der Waals surface area (Å²) < 4.78 is 7.13. The highest BCUT2D eigenvalue weighted by atomic mass is 16.5. The molecule has 0 radical (unpaired) electrons. The second-order valence-electron chi connectivity index (χ2n) is 9.71. The molecule has 0 atom stereocenters. The Bertz CT molecular complexity index is 1250. The molecule has 0 spiro atoms. The monoisotopic (exact) mass is 485 g/mol. The molecular formula is C27H31N7O2. The standard InChI is InChI=1S/C27H31N7O2/c1-19-3-6-25(30-15-19)34-20(2)23(17-31-34)26(35)32-21-4-5-24(29-16-21)27(18-28)9-7-22(8-10-27)33-11-13-36-14-12-33/h3-6,15-17,22H,7-14H2,1-2H3,(H,32,35)/t22-,27-. The molecule has 1 saturated heterocycles. The molecule has 2 aliphatic rings.